The Morgan fingerprint density at radius 1 is 1.32 bits per heavy atom. The molecule has 1 heterocycles. The second-order valence-corrected chi connectivity index (χ2v) is 6.34. The Bertz CT molecular complexity index is 496. The molecule has 5 heteroatoms. The Labute approximate surface area is 131 Å². The van der Waals surface area contributed by atoms with E-state index in [0.29, 0.717) is 6.54 Å². The van der Waals surface area contributed by atoms with E-state index < -0.39 is 5.60 Å². The molecule has 2 aliphatic rings. The van der Waals surface area contributed by atoms with Crippen LogP contribution in [0.4, 0.5) is 4.79 Å². The van der Waals surface area contributed by atoms with Crippen LogP contribution in [0.2, 0.25) is 0 Å². The van der Waals surface area contributed by atoms with Crippen LogP contribution in [0.1, 0.15) is 43.7 Å². The van der Waals surface area contributed by atoms with E-state index in [2.05, 4.69) is 10.6 Å². The first-order valence-corrected chi connectivity index (χ1v) is 8.10. The molecule has 1 aromatic carbocycles. The lowest BCUT2D eigenvalue weighted by atomic mass is 9.80. The number of ether oxygens (including phenoxy) is 1. The second-order valence-electron chi connectivity index (χ2n) is 6.34. The van der Waals surface area contributed by atoms with Gasteiger partial charge in [0.25, 0.3) is 0 Å². The quantitative estimate of drug-likeness (QED) is 0.780. The standard InChI is InChI=1S/C17H24N2O3/c20-16(18-12-17(21)9-5-10-17)19-15(14-8-4-11-22-14)13-6-2-1-3-7-13/h1-3,6-7,14-15,21H,4-5,8-12H2,(H2,18,19,20)/t14-,15-/m0/s1. The van der Waals surface area contributed by atoms with E-state index in [0.717, 1.165) is 44.3 Å². The zero-order valence-electron chi connectivity index (χ0n) is 12.8. The lowest BCUT2D eigenvalue weighted by molar-refractivity contribution is -0.0291. The summed E-state index contributed by atoms with van der Waals surface area (Å²) < 4.78 is 5.76. The number of benzene rings is 1. The summed E-state index contributed by atoms with van der Waals surface area (Å²) in [6, 6.07) is 9.51. The smallest absolute Gasteiger partial charge is 0.315 e. The van der Waals surface area contributed by atoms with Crippen molar-refractivity contribution in [2.75, 3.05) is 13.2 Å². The third kappa shape index (κ3) is 3.59. The fraction of sp³-hybridized carbons (Fsp3) is 0.588. The van der Waals surface area contributed by atoms with Crippen LogP contribution in [0.15, 0.2) is 30.3 Å². The predicted octanol–water partition coefficient (Wildman–Crippen LogP) is 2.12. The number of amides is 2. The summed E-state index contributed by atoms with van der Waals surface area (Å²) in [5, 5.41) is 15.9. The molecule has 0 aromatic heterocycles. The van der Waals surface area contributed by atoms with Gasteiger partial charge in [-0.25, -0.2) is 4.79 Å². The van der Waals surface area contributed by atoms with Crippen LogP contribution < -0.4 is 10.6 Å². The van der Waals surface area contributed by atoms with Crippen molar-refractivity contribution in [2.24, 2.45) is 0 Å². The third-order valence-corrected chi connectivity index (χ3v) is 4.64. The molecular weight excluding hydrogens is 280 g/mol. The molecule has 1 saturated heterocycles. The van der Waals surface area contributed by atoms with Crippen molar-refractivity contribution in [3.63, 3.8) is 0 Å². The van der Waals surface area contributed by atoms with Crippen molar-refractivity contribution in [1.29, 1.82) is 0 Å². The number of nitrogens with one attached hydrogen (secondary N) is 2. The molecule has 1 aromatic rings. The molecular formula is C17H24N2O3. The average molecular weight is 304 g/mol. The van der Waals surface area contributed by atoms with Gasteiger partial charge in [0.1, 0.15) is 0 Å². The van der Waals surface area contributed by atoms with Crippen molar-refractivity contribution in [1.82, 2.24) is 10.6 Å². The Hall–Kier alpha value is -1.59. The monoisotopic (exact) mass is 304 g/mol. The summed E-state index contributed by atoms with van der Waals surface area (Å²) in [5.74, 6) is 0. The molecule has 1 aliphatic carbocycles. The van der Waals surface area contributed by atoms with Crippen LogP contribution in [-0.2, 0) is 4.74 Å². The molecule has 0 unspecified atom stereocenters. The Kier molecular flexibility index (Phi) is 4.64. The highest BCUT2D eigenvalue weighted by atomic mass is 16.5. The normalized spacial score (nSPS) is 24.3. The maximum atomic E-state index is 12.2. The average Bonchev–Trinajstić information content (AvgIpc) is 3.03. The van der Waals surface area contributed by atoms with Crippen molar-refractivity contribution >= 4 is 6.03 Å². The van der Waals surface area contributed by atoms with Crippen LogP contribution in [0.25, 0.3) is 0 Å². The summed E-state index contributed by atoms with van der Waals surface area (Å²) in [6.07, 6.45) is 4.55. The fourth-order valence-corrected chi connectivity index (χ4v) is 3.12. The summed E-state index contributed by atoms with van der Waals surface area (Å²) in [7, 11) is 0. The molecule has 0 radical (unpaired) electrons. The molecule has 1 aliphatic heterocycles. The van der Waals surface area contributed by atoms with Crippen LogP contribution in [0, 0.1) is 0 Å². The van der Waals surface area contributed by atoms with E-state index in [9.17, 15) is 9.90 Å². The van der Waals surface area contributed by atoms with Gasteiger partial charge in [0, 0.05) is 13.2 Å². The summed E-state index contributed by atoms with van der Waals surface area (Å²) in [6.45, 7) is 1.06. The molecule has 3 N–H and O–H groups in total. The molecule has 22 heavy (non-hydrogen) atoms. The Morgan fingerprint density at radius 2 is 2.09 bits per heavy atom. The topological polar surface area (TPSA) is 70.6 Å². The van der Waals surface area contributed by atoms with Crippen molar-refractivity contribution in [3.05, 3.63) is 35.9 Å². The molecule has 1 saturated carbocycles. The first-order chi connectivity index (χ1) is 10.7. The maximum Gasteiger partial charge on any atom is 0.315 e. The van der Waals surface area contributed by atoms with E-state index in [1.165, 1.54) is 0 Å². The lowest BCUT2D eigenvalue weighted by Gasteiger charge is -2.36. The van der Waals surface area contributed by atoms with Crippen molar-refractivity contribution in [2.45, 2.75) is 49.9 Å². The van der Waals surface area contributed by atoms with Gasteiger partial charge < -0.3 is 20.5 Å². The number of hydrogen-bond acceptors (Lipinski definition) is 3. The number of aliphatic hydroxyl groups is 1. The summed E-state index contributed by atoms with van der Waals surface area (Å²) in [4.78, 5) is 12.2. The van der Waals surface area contributed by atoms with Gasteiger partial charge in [0.15, 0.2) is 0 Å². The van der Waals surface area contributed by atoms with Crippen LogP contribution >= 0.6 is 0 Å². The largest absolute Gasteiger partial charge is 0.388 e. The van der Waals surface area contributed by atoms with Gasteiger partial charge in [-0.05, 0) is 37.7 Å². The first-order valence-electron chi connectivity index (χ1n) is 8.10. The van der Waals surface area contributed by atoms with Gasteiger partial charge in [0.2, 0.25) is 0 Å². The van der Waals surface area contributed by atoms with E-state index in [4.69, 9.17) is 4.74 Å². The van der Waals surface area contributed by atoms with Gasteiger partial charge in [-0.15, -0.1) is 0 Å². The molecule has 2 atom stereocenters. The Balaban J connectivity index is 1.60. The van der Waals surface area contributed by atoms with Crippen molar-refractivity contribution < 1.29 is 14.6 Å². The predicted molar refractivity (Wildman–Crippen MR) is 83.5 cm³/mol. The molecule has 2 fully saturated rings. The molecule has 2 amide bonds. The van der Waals surface area contributed by atoms with Crippen LogP contribution in [0.5, 0.6) is 0 Å². The number of hydrogen-bond donors (Lipinski definition) is 3. The SMILES string of the molecule is O=C(NCC1(O)CCC1)N[C@@H](c1ccccc1)[C@@H]1CCCO1. The summed E-state index contributed by atoms with van der Waals surface area (Å²) >= 11 is 0. The minimum Gasteiger partial charge on any atom is -0.388 e. The van der Waals surface area contributed by atoms with Crippen LogP contribution in [-0.4, -0.2) is 36.0 Å². The number of urea groups is 1. The first kappa shape index (κ1) is 15.3. The highest BCUT2D eigenvalue weighted by Gasteiger charge is 2.35. The lowest BCUT2D eigenvalue weighted by Crippen LogP contribution is -2.51. The van der Waals surface area contributed by atoms with Crippen molar-refractivity contribution in [3.8, 4) is 0 Å². The van der Waals surface area contributed by atoms with Gasteiger partial charge in [-0.3, -0.25) is 0 Å². The zero-order valence-corrected chi connectivity index (χ0v) is 12.8. The van der Waals surface area contributed by atoms with Gasteiger partial charge in [-0.1, -0.05) is 30.3 Å². The second kappa shape index (κ2) is 6.67. The summed E-state index contributed by atoms with van der Waals surface area (Å²) in [5.41, 5.74) is 0.343. The molecule has 3 rings (SSSR count). The van der Waals surface area contributed by atoms with Gasteiger partial charge >= 0.3 is 6.03 Å². The zero-order chi connectivity index (χ0) is 15.4. The highest BCUT2D eigenvalue weighted by molar-refractivity contribution is 5.74. The van der Waals surface area contributed by atoms with Gasteiger partial charge in [0.05, 0.1) is 17.7 Å². The molecule has 0 spiro atoms. The van der Waals surface area contributed by atoms with Crippen LogP contribution in [0.3, 0.4) is 0 Å². The molecule has 120 valence electrons. The fourth-order valence-electron chi connectivity index (χ4n) is 3.12. The third-order valence-electron chi connectivity index (χ3n) is 4.64. The van der Waals surface area contributed by atoms with E-state index in [1.807, 2.05) is 30.3 Å². The van der Waals surface area contributed by atoms with E-state index in [-0.39, 0.29) is 18.2 Å². The molecule has 5 nitrogen and oxygen atoms in total. The number of carbonyl (C=O) groups is 1. The minimum absolute atomic E-state index is 0.0138. The van der Waals surface area contributed by atoms with Gasteiger partial charge in [-0.2, -0.15) is 0 Å². The maximum absolute atomic E-state index is 12.2. The van der Waals surface area contributed by atoms with E-state index in [1.54, 1.807) is 0 Å². The number of carbonyl (C=O) groups excluding carboxylic acids is 1. The number of rotatable bonds is 5. The molecule has 0 bridgehead atoms. The minimum atomic E-state index is -0.705. The highest BCUT2D eigenvalue weighted by Crippen LogP contribution is 2.30. The van der Waals surface area contributed by atoms with E-state index >= 15 is 0 Å². The Morgan fingerprint density at radius 3 is 2.68 bits per heavy atom.